The second-order valence-corrected chi connectivity index (χ2v) is 6.68. The van der Waals surface area contributed by atoms with E-state index >= 15 is 0 Å². The first-order chi connectivity index (χ1) is 12.1. The van der Waals surface area contributed by atoms with Gasteiger partial charge in [-0.05, 0) is 19.4 Å². The van der Waals surface area contributed by atoms with Crippen LogP contribution in [0.4, 0.5) is 0 Å². The average molecular weight is 342 g/mol. The van der Waals surface area contributed by atoms with E-state index in [1.165, 1.54) is 0 Å². The zero-order valence-electron chi connectivity index (χ0n) is 14.9. The number of carbonyl (C=O) groups excluding carboxylic acids is 1. The Morgan fingerprint density at radius 2 is 1.88 bits per heavy atom. The highest BCUT2D eigenvalue weighted by Gasteiger charge is 2.20. The van der Waals surface area contributed by atoms with Crippen LogP contribution >= 0.6 is 0 Å². The number of aryl methyl sites for hydroxylation is 1. The highest BCUT2D eigenvalue weighted by molar-refractivity contribution is 5.78. The van der Waals surface area contributed by atoms with Crippen molar-refractivity contribution in [2.75, 3.05) is 32.7 Å². The molecule has 0 bridgehead atoms. The predicted molar refractivity (Wildman–Crippen MR) is 96.0 cm³/mol. The standard InChI is InChI=1S/C19H26N4O2/c1-15-12-18(21-25-15)13-22-8-10-23(11-9-22)14-19(24)20-16(2)17-6-4-3-5-7-17/h3-7,12,16H,8-11,13-14H2,1-2H3,(H,20,24)/t16-/m1/s1. The van der Waals surface area contributed by atoms with Crippen molar-refractivity contribution in [2.45, 2.75) is 26.4 Å². The third kappa shape index (κ3) is 5.14. The summed E-state index contributed by atoms with van der Waals surface area (Å²) in [5, 5.41) is 7.13. The lowest BCUT2D eigenvalue weighted by atomic mass is 10.1. The molecule has 1 N–H and O–H groups in total. The maximum Gasteiger partial charge on any atom is 0.234 e. The number of hydrogen-bond acceptors (Lipinski definition) is 5. The Labute approximate surface area is 148 Å². The molecule has 1 aromatic heterocycles. The summed E-state index contributed by atoms with van der Waals surface area (Å²) in [4.78, 5) is 16.8. The van der Waals surface area contributed by atoms with E-state index in [4.69, 9.17) is 4.52 Å². The van der Waals surface area contributed by atoms with Gasteiger partial charge in [-0.15, -0.1) is 0 Å². The largest absolute Gasteiger partial charge is 0.361 e. The molecule has 1 aromatic carbocycles. The minimum atomic E-state index is 0.0328. The van der Waals surface area contributed by atoms with Crippen LogP contribution in [-0.2, 0) is 11.3 Å². The molecule has 0 radical (unpaired) electrons. The second kappa shape index (κ2) is 8.27. The molecule has 1 amide bonds. The number of benzene rings is 1. The van der Waals surface area contributed by atoms with Crippen LogP contribution in [0.25, 0.3) is 0 Å². The van der Waals surface area contributed by atoms with E-state index in [1.54, 1.807) is 0 Å². The van der Waals surface area contributed by atoms with Gasteiger partial charge in [-0.3, -0.25) is 14.6 Å². The summed E-state index contributed by atoms with van der Waals surface area (Å²) in [6.07, 6.45) is 0. The van der Waals surface area contributed by atoms with Crippen molar-refractivity contribution in [2.24, 2.45) is 0 Å². The van der Waals surface area contributed by atoms with Crippen molar-refractivity contribution < 1.29 is 9.32 Å². The van der Waals surface area contributed by atoms with E-state index in [1.807, 2.05) is 50.2 Å². The fourth-order valence-corrected chi connectivity index (χ4v) is 3.14. The summed E-state index contributed by atoms with van der Waals surface area (Å²) in [5.41, 5.74) is 2.10. The second-order valence-electron chi connectivity index (χ2n) is 6.68. The summed E-state index contributed by atoms with van der Waals surface area (Å²) < 4.78 is 5.11. The van der Waals surface area contributed by atoms with Crippen molar-refractivity contribution in [3.63, 3.8) is 0 Å². The number of hydrogen-bond donors (Lipinski definition) is 1. The van der Waals surface area contributed by atoms with Gasteiger partial charge in [0.05, 0.1) is 18.3 Å². The van der Waals surface area contributed by atoms with E-state index in [0.717, 1.165) is 49.7 Å². The van der Waals surface area contributed by atoms with Crippen LogP contribution in [0, 0.1) is 6.92 Å². The van der Waals surface area contributed by atoms with Gasteiger partial charge in [-0.2, -0.15) is 0 Å². The molecule has 1 fully saturated rings. The quantitative estimate of drug-likeness (QED) is 0.870. The Balaban J connectivity index is 1.40. The molecule has 6 nitrogen and oxygen atoms in total. The Hall–Kier alpha value is -2.18. The van der Waals surface area contributed by atoms with Gasteiger partial charge >= 0.3 is 0 Å². The van der Waals surface area contributed by atoms with E-state index in [-0.39, 0.29) is 11.9 Å². The van der Waals surface area contributed by atoms with Gasteiger partial charge in [0.25, 0.3) is 0 Å². The molecule has 3 rings (SSSR count). The Morgan fingerprint density at radius 1 is 1.20 bits per heavy atom. The lowest BCUT2D eigenvalue weighted by molar-refractivity contribution is -0.123. The van der Waals surface area contributed by atoms with Gasteiger partial charge in [0.15, 0.2) is 0 Å². The van der Waals surface area contributed by atoms with Crippen LogP contribution in [0.3, 0.4) is 0 Å². The molecule has 0 aliphatic carbocycles. The summed E-state index contributed by atoms with van der Waals surface area (Å²) in [5.74, 6) is 0.926. The fraction of sp³-hybridized carbons (Fsp3) is 0.474. The van der Waals surface area contributed by atoms with E-state index < -0.39 is 0 Å². The SMILES string of the molecule is Cc1cc(CN2CCN(CC(=O)N[C@H](C)c3ccccc3)CC2)no1. The molecule has 0 unspecified atom stereocenters. The van der Waals surface area contributed by atoms with Crippen LogP contribution in [0.2, 0.25) is 0 Å². The van der Waals surface area contributed by atoms with Crippen molar-refractivity contribution in [3.8, 4) is 0 Å². The van der Waals surface area contributed by atoms with Gasteiger partial charge < -0.3 is 9.84 Å². The van der Waals surface area contributed by atoms with Crippen molar-refractivity contribution >= 4 is 5.91 Å². The topological polar surface area (TPSA) is 61.6 Å². The molecule has 1 atom stereocenters. The maximum absolute atomic E-state index is 12.3. The van der Waals surface area contributed by atoms with E-state index in [2.05, 4.69) is 20.3 Å². The third-order valence-corrected chi connectivity index (χ3v) is 4.57. The molecule has 134 valence electrons. The normalized spacial score (nSPS) is 17.4. The molecular formula is C19H26N4O2. The highest BCUT2D eigenvalue weighted by atomic mass is 16.5. The first kappa shape index (κ1) is 17.6. The number of amides is 1. The highest BCUT2D eigenvalue weighted by Crippen LogP contribution is 2.12. The first-order valence-electron chi connectivity index (χ1n) is 8.81. The van der Waals surface area contributed by atoms with Crippen molar-refractivity contribution in [1.29, 1.82) is 0 Å². The van der Waals surface area contributed by atoms with Crippen LogP contribution in [-0.4, -0.2) is 53.6 Å². The summed E-state index contributed by atoms with van der Waals surface area (Å²) in [6.45, 7) is 8.85. The average Bonchev–Trinajstić information content (AvgIpc) is 3.02. The maximum atomic E-state index is 12.3. The molecule has 6 heteroatoms. The summed E-state index contributed by atoms with van der Waals surface area (Å²) in [6, 6.07) is 12.1. The van der Waals surface area contributed by atoms with Crippen molar-refractivity contribution in [1.82, 2.24) is 20.3 Å². The molecule has 25 heavy (non-hydrogen) atoms. The van der Waals surface area contributed by atoms with Crippen LogP contribution < -0.4 is 5.32 Å². The van der Waals surface area contributed by atoms with E-state index in [9.17, 15) is 4.79 Å². The van der Waals surface area contributed by atoms with Gasteiger partial charge in [0.1, 0.15) is 5.76 Å². The lowest BCUT2D eigenvalue weighted by Crippen LogP contribution is -2.49. The monoisotopic (exact) mass is 342 g/mol. The van der Waals surface area contributed by atoms with Gasteiger partial charge in [0, 0.05) is 38.8 Å². The zero-order valence-corrected chi connectivity index (χ0v) is 14.9. The van der Waals surface area contributed by atoms with Crippen LogP contribution in [0.5, 0.6) is 0 Å². The fourth-order valence-electron chi connectivity index (χ4n) is 3.14. The lowest BCUT2D eigenvalue weighted by Gasteiger charge is -2.34. The van der Waals surface area contributed by atoms with Gasteiger partial charge in [0.2, 0.25) is 5.91 Å². The van der Waals surface area contributed by atoms with Crippen LogP contribution in [0.15, 0.2) is 40.9 Å². The number of aromatic nitrogens is 1. The summed E-state index contributed by atoms with van der Waals surface area (Å²) >= 11 is 0. The number of rotatable bonds is 6. The van der Waals surface area contributed by atoms with Crippen molar-refractivity contribution in [3.05, 3.63) is 53.4 Å². The van der Waals surface area contributed by atoms with Gasteiger partial charge in [-0.25, -0.2) is 0 Å². The molecular weight excluding hydrogens is 316 g/mol. The summed E-state index contributed by atoms with van der Waals surface area (Å²) in [7, 11) is 0. The molecule has 0 spiro atoms. The molecule has 2 heterocycles. The molecule has 1 aliphatic rings. The molecule has 1 aliphatic heterocycles. The minimum Gasteiger partial charge on any atom is -0.361 e. The number of piperazine rings is 1. The molecule has 0 saturated carbocycles. The molecule has 2 aromatic rings. The minimum absolute atomic E-state index is 0.0328. The first-order valence-corrected chi connectivity index (χ1v) is 8.81. The number of carbonyl (C=O) groups is 1. The zero-order chi connectivity index (χ0) is 17.6. The van der Waals surface area contributed by atoms with Crippen LogP contribution in [0.1, 0.15) is 30.0 Å². The predicted octanol–water partition coefficient (Wildman–Crippen LogP) is 1.98. The Kier molecular flexibility index (Phi) is 5.83. The number of nitrogens with zero attached hydrogens (tertiary/aromatic N) is 3. The Morgan fingerprint density at radius 3 is 2.52 bits per heavy atom. The number of nitrogens with one attached hydrogen (secondary N) is 1. The third-order valence-electron chi connectivity index (χ3n) is 4.57. The Bertz CT molecular complexity index is 678. The molecule has 1 saturated heterocycles. The smallest absolute Gasteiger partial charge is 0.234 e. The van der Waals surface area contributed by atoms with Gasteiger partial charge in [-0.1, -0.05) is 35.5 Å². The van der Waals surface area contributed by atoms with E-state index in [0.29, 0.717) is 6.54 Å².